The van der Waals surface area contributed by atoms with E-state index in [1.165, 1.54) is 6.42 Å². The SMILES string of the molecule is CCCCn1ncnc1CNC(C)(C)C. The fourth-order valence-corrected chi connectivity index (χ4v) is 1.26. The van der Waals surface area contributed by atoms with Crippen molar-refractivity contribution in [3.05, 3.63) is 12.2 Å². The van der Waals surface area contributed by atoms with E-state index in [9.17, 15) is 0 Å². The molecule has 86 valence electrons. The van der Waals surface area contributed by atoms with Gasteiger partial charge < -0.3 is 5.32 Å². The molecule has 4 nitrogen and oxygen atoms in total. The Balaban J connectivity index is 2.50. The van der Waals surface area contributed by atoms with Crippen molar-refractivity contribution in [1.82, 2.24) is 20.1 Å². The maximum Gasteiger partial charge on any atom is 0.140 e. The molecule has 4 heteroatoms. The van der Waals surface area contributed by atoms with Crippen molar-refractivity contribution in [1.29, 1.82) is 0 Å². The standard InChI is InChI=1S/C11H22N4/c1-5-6-7-15-10(12-9-14-15)8-13-11(2,3)4/h9,13H,5-8H2,1-4H3. The highest BCUT2D eigenvalue weighted by Crippen LogP contribution is 2.03. The number of nitrogens with one attached hydrogen (secondary N) is 1. The normalized spacial score (nSPS) is 12.0. The Morgan fingerprint density at radius 1 is 1.40 bits per heavy atom. The molecule has 0 atom stereocenters. The summed E-state index contributed by atoms with van der Waals surface area (Å²) < 4.78 is 1.99. The van der Waals surface area contributed by atoms with Crippen molar-refractivity contribution in [2.24, 2.45) is 0 Å². The van der Waals surface area contributed by atoms with Gasteiger partial charge in [-0.3, -0.25) is 0 Å². The summed E-state index contributed by atoms with van der Waals surface area (Å²) in [6, 6.07) is 0. The molecule has 1 aromatic rings. The Kier molecular flexibility index (Phi) is 4.27. The van der Waals surface area contributed by atoms with Gasteiger partial charge in [-0.25, -0.2) is 9.67 Å². The Bertz CT molecular complexity index is 285. The molecule has 1 N–H and O–H groups in total. The number of nitrogens with zero attached hydrogens (tertiary/aromatic N) is 3. The molecule has 0 aliphatic rings. The summed E-state index contributed by atoms with van der Waals surface area (Å²) in [5.74, 6) is 1.03. The van der Waals surface area contributed by atoms with Gasteiger partial charge in [0.25, 0.3) is 0 Å². The number of unbranched alkanes of at least 4 members (excludes halogenated alkanes) is 1. The van der Waals surface area contributed by atoms with Gasteiger partial charge in [-0.05, 0) is 27.2 Å². The monoisotopic (exact) mass is 210 g/mol. The fourth-order valence-electron chi connectivity index (χ4n) is 1.26. The molecule has 1 rings (SSSR count). The van der Waals surface area contributed by atoms with Crippen LogP contribution in [0.25, 0.3) is 0 Å². The molecule has 0 saturated carbocycles. The zero-order valence-corrected chi connectivity index (χ0v) is 10.2. The largest absolute Gasteiger partial charge is 0.305 e. The first-order valence-electron chi connectivity index (χ1n) is 5.64. The van der Waals surface area contributed by atoms with E-state index in [1.54, 1.807) is 6.33 Å². The lowest BCUT2D eigenvalue weighted by Crippen LogP contribution is -2.36. The maximum absolute atomic E-state index is 4.26. The van der Waals surface area contributed by atoms with Crippen LogP contribution in [0.4, 0.5) is 0 Å². The van der Waals surface area contributed by atoms with Crippen LogP contribution >= 0.6 is 0 Å². The Morgan fingerprint density at radius 3 is 2.73 bits per heavy atom. The van der Waals surface area contributed by atoms with Crippen molar-refractivity contribution < 1.29 is 0 Å². The highest BCUT2D eigenvalue weighted by molar-refractivity contribution is 4.86. The van der Waals surface area contributed by atoms with Gasteiger partial charge in [0.05, 0.1) is 6.54 Å². The smallest absolute Gasteiger partial charge is 0.140 e. The third-order valence-electron chi connectivity index (χ3n) is 2.20. The minimum absolute atomic E-state index is 0.127. The molecule has 0 saturated heterocycles. The molecule has 0 bridgehead atoms. The lowest BCUT2D eigenvalue weighted by atomic mass is 10.1. The minimum Gasteiger partial charge on any atom is -0.305 e. The van der Waals surface area contributed by atoms with Gasteiger partial charge in [0.15, 0.2) is 0 Å². The predicted molar refractivity (Wildman–Crippen MR) is 61.5 cm³/mol. The van der Waals surface area contributed by atoms with E-state index >= 15 is 0 Å². The van der Waals surface area contributed by atoms with Crippen LogP contribution in [0.5, 0.6) is 0 Å². The highest BCUT2D eigenvalue weighted by Gasteiger charge is 2.11. The molecule has 1 aromatic heterocycles. The van der Waals surface area contributed by atoms with Crippen LogP contribution < -0.4 is 5.32 Å². The van der Waals surface area contributed by atoms with Gasteiger partial charge in [0, 0.05) is 12.1 Å². The lowest BCUT2D eigenvalue weighted by Gasteiger charge is -2.20. The first-order chi connectivity index (χ1) is 7.03. The van der Waals surface area contributed by atoms with Crippen molar-refractivity contribution in [2.75, 3.05) is 0 Å². The Labute approximate surface area is 92.1 Å². The van der Waals surface area contributed by atoms with Crippen molar-refractivity contribution in [3.8, 4) is 0 Å². The van der Waals surface area contributed by atoms with Gasteiger partial charge in [0.1, 0.15) is 12.2 Å². The van der Waals surface area contributed by atoms with E-state index < -0.39 is 0 Å². The Hall–Kier alpha value is -0.900. The highest BCUT2D eigenvalue weighted by atomic mass is 15.3. The number of aromatic nitrogens is 3. The summed E-state index contributed by atoms with van der Waals surface area (Å²) in [6.45, 7) is 10.4. The number of hydrogen-bond donors (Lipinski definition) is 1. The van der Waals surface area contributed by atoms with Crippen LogP contribution in [0.3, 0.4) is 0 Å². The van der Waals surface area contributed by atoms with Gasteiger partial charge >= 0.3 is 0 Å². The summed E-state index contributed by atoms with van der Waals surface area (Å²) >= 11 is 0. The quantitative estimate of drug-likeness (QED) is 0.808. The molecule has 0 radical (unpaired) electrons. The van der Waals surface area contributed by atoms with Crippen LogP contribution in [0.1, 0.15) is 46.4 Å². The summed E-state index contributed by atoms with van der Waals surface area (Å²) in [7, 11) is 0. The minimum atomic E-state index is 0.127. The number of aryl methyl sites for hydroxylation is 1. The first-order valence-corrected chi connectivity index (χ1v) is 5.64. The van der Waals surface area contributed by atoms with Gasteiger partial charge in [-0.1, -0.05) is 13.3 Å². The molecule has 0 aromatic carbocycles. The lowest BCUT2D eigenvalue weighted by molar-refractivity contribution is 0.406. The average Bonchev–Trinajstić information content (AvgIpc) is 2.57. The summed E-state index contributed by atoms with van der Waals surface area (Å²) in [4.78, 5) is 4.26. The molecule has 0 spiro atoms. The Morgan fingerprint density at radius 2 is 2.13 bits per heavy atom. The van der Waals surface area contributed by atoms with E-state index in [4.69, 9.17) is 0 Å². The summed E-state index contributed by atoms with van der Waals surface area (Å²) in [5.41, 5.74) is 0.127. The van der Waals surface area contributed by atoms with E-state index in [1.807, 2.05) is 4.68 Å². The zero-order chi connectivity index (χ0) is 11.3. The summed E-state index contributed by atoms with van der Waals surface area (Å²) in [6.07, 6.45) is 3.98. The molecule has 1 heterocycles. The molecule has 0 aliphatic carbocycles. The van der Waals surface area contributed by atoms with E-state index in [0.717, 1.165) is 25.3 Å². The first kappa shape index (κ1) is 12.2. The fraction of sp³-hybridized carbons (Fsp3) is 0.818. The van der Waals surface area contributed by atoms with Crippen molar-refractivity contribution in [2.45, 2.75) is 59.2 Å². The second kappa shape index (κ2) is 5.26. The van der Waals surface area contributed by atoms with Crippen LogP contribution in [-0.4, -0.2) is 20.3 Å². The molecule has 0 fully saturated rings. The zero-order valence-electron chi connectivity index (χ0n) is 10.2. The van der Waals surface area contributed by atoms with E-state index in [-0.39, 0.29) is 5.54 Å². The second-order valence-corrected chi connectivity index (χ2v) is 4.86. The molecule has 15 heavy (non-hydrogen) atoms. The van der Waals surface area contributed by atoms with Crippen LogP contribution in [0.15, 0.2) is 6.33 Å². The number of hydrogen-bond acceptors (Lipinski definition) is 3. The number of rotatable bonds is 5. The van der Waals surface area contributed by atoms with Gasteiger partial charge in [-0.15, -0.1) is 0 Å². The second-order valence-electron chi connectivity index (χ2n) is 4.86. The van der Waals surface area contributed by atoms with E-state index in [0.29, 0.717) is 0 Å². The topological polar surface area (TPSA) is 42.7 Å². The molecule has 0 unspecified atom stereocenters. The molecule has 0 amide bonds. The third-order valence-corrected chi connectivity index (χ3v) is 2.20. The third kappa shape index (κ3) is 4.42. The maximum atomic E-state index is 4.26. The molecular formula is C11H22N4. The average molecular weight is 210 g/mol. The summed E-state index contributed by atoms with van der Waals surface area (Å²) in [5, 5.41) is 7.64. The van der Waals surface area contributed by atoms with Crippen molar-refractivity contribution in [3.63, 3.8) is 0 Å². The van der Waals surface area contributed by atoms with Crippen LogP contribution in [-0.2, 0) is 13.1 Å². The van der Waals surface area contributed by atoms with Crippen molar-refractivity contribution >= 4 is 0 Å². The molecule has 0 aliphatic heterocycles. The molecular weight excluding hydrogens is 188 g/mol. The van der Waals surface area contributed by atoms with Crippen LogP contribution in [0, 0.1) is 0 Å². The van der Waals surface area contributed by atoms with Gasteiger partial charge in [0.2, 0.25) is 0 Å². The predicted octanol–water partition coefficient (Wildman–Crippen LogP) is 1.97. The van der Waals surface area contributed by atoms with E-state index in [2.05, 4.69) is 43.1 Å². The van der Waals surface area contributed by atoms with Gasteiger partial charge in [-0.2, -0.15) is 5.10 Å². The van der Waals surface area contributed by atoms with Crippen LogP contribution in [0.2, 0.25) is 0 Å².